The van der Waals surface area contributed by atoms with Crippen molar-refractivity contribution in [2.75, 3.05) is 47.4 Å². The lowest BCUT2D eigenvalue weighted by Crippen LogP contribution is -2.63. The Morgan fingerprint density at radius 2 is 1.90 bits per heavy atom. The fraction of sp³-hybridized carbons (Fsp3) is 0.636. The number of benzene rings is 1. The van der Waals surface area contributed by atoms with Crippen LogP contribution in [0.5, 0.6) is 5.75 Å². The minimum Gasteiger partial charge on any atom is -0.494 e. The van der Waals surface area contributed by atoms with E-state index in [1.54, 1.807) is 11.9 Å². The van der Waals surface area contributed by atoms with Gasteiger partial charge in [0.15, 0.2) is 5.96 Å². The molecule has 2 N–H and O–H groups in total. The van der Waals surface area contributed by atoms with Gasteiger partial charge in [-0.05, 0) is 59.0 Å². The van der Waals surface area contributed by atoms with E-state index in [0.29, 0.717) is 32.2 Å². The molecular weight excluding hydrogens is 382 g/mol. The molecule has 8 nitrogen and oxygen atoms in total. The van der Waals surface area contributed by atoms with Crippen molar-refractivity contribution in [2.24, 2.45) is 4.99 Å². The quantitative estimate of drug-likeness (QED) is 0.382. The number of carbonyl (C=O) groups excluding carboxylic acids is 1. The molecule has 8 heteroatoms. The predicted molar refractivity (Wildman–Crippen MR) is 120 cm³/mol. The Morgan fingerprint density at radius 3 is 2.47 bits per heavy atom. The second-order valence-electron chi connectivity index (χ2n) is 8.80. The second-order valence-corrected chi connectivity index (χ2v) is 8.80. The Balaban J connectivity index is 1.68. The molecule has 1 aliphatic rings. The van der Waals surface area contributed by atoms with Gasteiger partial charge in [-0.3, -0.25) is 4.99 Å². The van der Waals surface area contributed by atoms with Crippen LogP contribution >= 0.6 is 0 Å². The molecule has 0 aliphatic carbocycles. The highest BCUT2D eigenvalue weighted by molar-refractivity contribution is 5.80. The average molecular weight is 420 g/mol. The van der Waals surface area contributed by atoms with E-state index in [0.717, 1.165) is 24.3 Å². The van der Waals surface area contributed by atoms with Gasteiger partial charge in [0.25, 0.3) is 0 Å². The molecule has 168 valence electrons. The van der Waals surface area contributed by atoms with Crippen LogP contribution in [0.1, 0.15) is 32.8 Å². The molecule has 0 saturated carbocycles. The van der Waals surface area contributed by atoms with Crippen molar-refractivity contribution < 1.29 is 14.3 Å². The van der Waals surface area contributed by atoms with Gasteiger partial charge in [-0.2, -0.15) is 0 Å². The first kappa shape index (κ1) is 23.8. The number of hydrogen-bond acceptors (Lipinski definition) is 5. The fourth-order valence-electron chi connectivity index (χ4n) is 2.89. The highest BCUT2D eigenvalue weighted by atomic mass is 16.6. The maximum atomic E-state index is 12.0. The molecule has 1 aromatic carbocycles. The summed E-state index contributed by atoms with van der Waals surface area (Å²) in [5, 5.41) is 6.65. The first-order chi connectivity index (χ1) is 14.2. The Kier molecular flexibility index (Phi) is 8.77. The third-order valence-corrected chi connectivity index (χ3v) is 4.50. The van der Waals surface area contributed by atoms with Crippen molar-refractivity contribution in [2.45, 2.75) is 45.4 Å². The molecule has 30 heavy (non-hydrogen) atoms. The number of aliphatic imine (C=N–C) groups is 1. The molecule has 1 aromatic rings. The van der Waals surface area contributed by atoms with Gasteiger partial charge in [-0.1, -0.05) is 12.1 Å². The first-order valence-corrected chi connectivity index (χ1v) is 10.5. The van der Waals surface area contributed by atoms with Gasteiger partial charge in [-0.25, -0.2) is 4.79 Å². The molecule has 1 amide bonds. The van der Waals surface area contributed by atoms with Crippen LogP contribution in [0, 0.1) is 0 Å². The van der Waals surface area contributed by atoms with E-state index < -0.39 is 5.60 Å². The molecule has 1 saturated heterocycles. The largest absolute Gasteiger partial charge is 0.494 e. The molecule has 0 spiro atoms. The zero-order valence-corrected chi connectivity index (χ0v) is 19.2. The van der Waals surface area contributed by atoms with Gasteiger partial charge in [0.2, 0.25) is 0 Å². The summed E-state index contributed by atoms with van der Waals surface area (Å²) >= 11 is 0. The molecule has 1 fully saturated rings. The van der Waals surface area contributed by atoms with Gasteiger partial charge in [0.1, 0.15) is 11.4 Å². The Labute approximate surface area is 180 Å². The molecule has 0 atom stereocenters. The van der Waals surface area contributed by atoms with Crippen LogP contribution in [0.15, 0.2) is 29.3 Å². The summed E-state index contributed by atoms with van der Waals surface area (Å²) in [4.78, 5) is 20.1. The zero-order valence-electron chi connectivity index (χ0n) is 19.2. The van der Waals surface area contributed by atoms with Gasteiger partial charge in [-0.15, -0.1) is 0 Å². The monoisotopic (exact) mass is 419 g/mol. The van der Waals surface area contributed by atoms with Crippen molar-refractivity contribution >= 4 is 12.1 Å². The van der Waals surface area contributed by atoms with Crippen LogP contribution in [0.2, 0.25) is 0 Å². The number of hydrogen-bond donors (Lipinski definition) is 2. The van der Waals surface area contributed by atoms with Gasteiger partial charge >= 0.3 is 6.09 Å². The molecule has 1 heterocycles. The Bertz CT molecular complexity index is 692. The Morgan fingerprint density at radius 1 is 1.23 bits per heavy atom. The van der Waals surface area contributed by atoms with Gasteiger partial charge < -0.3 is 29.9 Å². The van der Waals surface area contributed by atoms with Crippen molar-refractivity contribution in [3.63, 3.8) is 0 Å². The smallest absolute Gasteiger partial charge is 0.410 e. The van der Waals surface area contributed by atoms with Gasteiger partial charge in [0, 0.05) is 33.2 Å². The van der Waals surface area contributed by atoms with Crippen LogP contribution in [-0.4, -0.2) is 80.9 Å². The molecular formula is C22H37N5O3. The number of nitrogens with one attached hydrogen (secondary N) is 2. The first-order valence-electron chi connectivity index (χ1n) is 10.5. The van der Waals surface area contributed by atoms with E-state index in [4.69, 9.17) is 9.47 Å². The number of ether oxygens (including phenoxy) is 2. The summed E-state index contributed by atoms with van der Waals surface area (Å²) in [5.41, 5.74) is 0.669. The molecule has 1 aliphatic heterocycles. The topological polar surface area (TPSA) is 78.4 Å². The van der Waals surface area contributed by atoms with Crippen LogP contribution in [-0.2, 0) is 11.3 Å². The van der Waals surface area contributed by atoms with Crippen LogP contribution in [0.4, 0.5) is 4.79 Å². The zero-order chi connectivity index (χ0) is 22.1. The van der Waals surface area contributed by atoms with Crippen molar-refractivity contribution in [1.29, 1.82) is 0 Å². The second kappa shape index (κ2) is 11.1. The minimum absolute atomic E-state index is 0.168. The summed E-state index contributed by atoms with van der Waals surface area (Å²) in [6, 6.07) is 8.26. The van der Waals surface area contributed by atoms with E-state index in [-0.39, 0.29) is 12.1 Å². The highest BCUT2D eigenvalue weighted by Gasteiger charge is 2.34. The SMILES string of the molecule is CN=C(NCc1ccc(OCCCN(C)C)cc1)NC1CN(C(=O)OC(C)(C)C)C1. The summed E-state index contributed by atoms with van der Waals surface area (Å²) < 4.78 is 11.1. The van der Waals surface area contributed by atoms with Crippen molar-refractivity contribution in [1.82, 2.24) is 20.4 Å². The standard InChI is InChI=1S/C22H37N5O3/c1-22(2,3)30-21(28)27-15-18(16-27)25-20(23-4)24-14-17-8-10-19(11-9-17)29-13-7-12-26(5)6/h8-11,18H,7,12-16H2,1-6H3,(H2,23,24,25). The average Bonchev–Trinajstić information content (AvgIpc) is 2.63. The maximum Gasteiger partial charge on any atom is 0.410 e. The molecule has 0 aromatic heterocycles. The lowest BCUT2D eigenvalue weighted by molar-refractivity contribution is 0.00701. The van der Waals surface area contributed by atoms with Crippen LogP contribution in [0.25, 0.3) is 0 Å². The molecule has 0 radical (unpaired) electrons. The molecule has 2 rings (SSSR count). The summed E-state index contributed by atoms with van der Waals surface area (Å²) in [5.74, 6) is 1.60. The third-order valence-electron chi connectivity index (χ3n) is 4.50. The fourth-order valence-corrected chi connectivity index (χ4v) is 2.89. The number of guanidine groups is 1. The number of carbonyl (C=O) groups is 1. The summed E-state index contributed by atoms with van der Waals surface area (Å²) in [7, 11) is 5.86. The molecule has 0 unspecified atom stereocenters. The Hall–Kier alpha value is -2.48. The number of amides is 1. The lowest BCUT2D eigenvalue weighted by atomic mass is 10.1. The normalized spacial score (nSPS) is 15.0. The number of likely N-dealkylation sites (tertiary alicyclic amines) is 1. The summed E-state index contributed by atoms with van der Waals surface area (Å²) in [6.07, 6.45) is 0.734. The number of rotatable bonds is 8. The minimum atomic E-state index is -0.472. The van der Waals surface area contributed by atoms with Gasteiger partial charge in [0.05, 0.1) is 12.6 Å². The van der Waals surface area contributed by atoms with E-state index in [1.165, 1.54) is 0 Å². The van der Waals surface area contributed by atoms with Crippen LogP contribution < -0.4 is 15.4 Å². The third kappa shape index (κ3) is 8.49. The van der Waals surface area contributed by atoms with E-state index >= 15 is 0 Å². The molecule has 0 bridgehead atoms. The van der Waals surface area contributed by atoms with Crippen LogP contribution in [0.3, 0.4) is 0 Å². The summed E-state index contributed by atoms with van der Waals surface area (Å²) in [6.45, 7) is 9.22. The highest BCUT2D eigenvalue weighted by Crippen LogP contribution is 2.15. The van der Waals surface area contributed by atoms with Crippen molar-refractivity contribution in [3.8, 4) is 5.75 Å². The van der Waals surface area contributed by atoms with E-state index in [2.05, 4.69) is 46.8 Å². The van der Waals surface area contributed by atoms with E-state index in [9.17, 15) is 4.79 Å². The maximum absolute atomic E-state index is 12.0. The predicted octanol–water partition coefficient (Wildman–Crippen LogP) is 2.30. The lowest BCUT2D eigenvalue weighted by Gasteiger charge is -2.40. The van der Waals surface area contributed by atoms with E-state index in [1.807, 2.05) is 32.9 Å². The number of nitrogens with zero attached hydrogens (tertiary/aromatic N) is 3. The van der Waals surface area contributed by atoms with Crippen molar-refractivity contribution in [3.05, 3.63) is 29.8 Å².